The third kappa shape index (κ3) is 2.96. The van der Waals surface area contributed by atoms with Crippen LogP contribution in [-0.2, 0) is 0 Å². The Labute approximate surface area is 128 Å². The van der Waals surface area contributed by atoms with Gasteiger partial charge in [-0.3, -0.25) is 0 Å². The Kier molecular flexibility index (Phi) is 4.35. The van der Waals surface area contributed by atoms with Gasteiger partial charge in [0.1, 0.15) is 16.6 Å². The fourth-order valence-corrected chi connectivity index (χ4v) is 2.45. The summed E-state index contributed by atoms with van der Waals surface area (Å²) in [6, 6.07) is 7.16. The van der Waals surface area contributed by atoms with E-state index in [-0.39, 0.29) is 21.0 Å². The zero-order valence-corrected chi connectivity index (χ0v) is 12.8. The van der Waals surface area contributed by atoms with Crippen LogP contribution in [-0.4, -0.2) is 4.99 Å². The van der Waals surface area contributed by atoms with Crippen molar-refractivity contribution in [3.63, 3.8) is 0 Å². The van der Waals surface area contributed by atoms with Gasteiger partial charge in [-0.2, -0.15) is 0 Å². The summed E-state index contributed by atoms with van der Waals surface area (Å²) >= 11 is 7.90. The van der Waals surface area contributed by atoms with E-state index in [1.165, 1.54) is 24.3 Å². The lowest BCUT2D eigenvalue weighted by Gasteiger charge is -2.11. The highest BCUT2D eigenvalue weighted by molar-refractivity contribution is 9.10. The molecule has 2 aromatic rings. The lowest BCUT2D eigenvalue weighted by molar-refractivity contribution is 0.438. The first-order valence-electron chi connectivity index (χ1n) is 5.62. The van der Waals surface area contributed by atoms with E-state index in [9.17, 15) is 8.78 Å². The average molecular weight is 358 g/mol. The number of ether oxygens (including phenoxy) is 1. The highest BCUT2D eigenvalue weighted by Gasteiger charge is 2.14. The van der Waals surface area contributed by atoms with Gasteiger partial charge in [0.2, 0.25) is 0 Å². The molecule has 2 aromatic carbocycles. The Morgan fingerprint density at radius 1 is 1.25 bits per heavy atom. The first-order chi connectivity index (χ1) is 9.40. The van der Waals surface area contributed by atoms with E-state index in [4.69, 9.17) is 22.7 Å². The zero-order chi connectivity index (χ0) is 14.9. The Hall–Kier alpha value is -1.53. The number of hydrogen-bond donors (Lipinski definition) is 1. The predicted molar refractivity (Wildman–Crippen MR) is 81.2 cm³/mol. The topological polar surface area (TPSA) is 35.2 Å². The van der Waals surface area contributed by atoms with Gasteiger partial charge in [-0.15, -0.1) is 0 Å². The number of thiocarbonyl (C=S) groups is 1. The van der Waals surface area contributed by atoms with E-state index in [0.717, 1.165) is 0 Å². The maximum Gasteiger partial charge on any atom is 0.180 e. The molecular formula is C14H10BrF2NOS. The van der Waals surface area contributed by atoms with Gasteiger partial charge in [0.15, 0.2) is 11.6 Å². The molecule has 2 rings (SSSR count). The number of aryl methyl sites for hydroxylation is 1. The highest BCUT2D eigenvalue weighted by atomic mass is 79.9. The van der Waals surface area contributed by atoms with Crippen molar-refractivity contribution in [2.45, 2.75) is 6.92 Å². The van der Waals surface area contributed by atoms with E-state index >= 15 is 0 Å². The second-order valence-electron chi connectivity index (χ2n) is 4.12. The molecule has 0 amide bonds. The molecular weight excluding hydrogens is 348 g/mol. The zero-order valence-electron chi connectivity index (χ0n) is 10.4. The van der Waals surface area contributed by atoms with Crippen molar-refractivity contribution in [3.05, 3.63) is 57.6 Å². The van der Waals surface area contributed by atoms with Gasteiger partial charge in [0, 0.05) is 5.56 Å². The van der Waals surface area contributed by atoms with Gasteiger partial charge >= 0.3 is 0 Å². The van der Waals surface area contributed by atoms with Crippen LogP contribution in [0.3, 0.4) is 0 Å². The molecule has 104 valence electrons. The molecule has 0 aliphatic carbocycles. The Balaban J connectivity index is 2.37. The molecule has 2 N–H and O–H groups in total. The SMILES string of the molecule is Cc1cc(Oc2ccc(C(N)=S)c(Br)c2F)ccc1F. The van der Waals surface area contributed by atoms with Crippen LogP contribution < -0.4 is 10.5 Å². The van der Waals surface area contributed by atoms with Gasteiger partial charge in [0.25, 0.3) is 0 Å². The van der Waals surface area contributed by atoms with Crippen molar-refractivity contribution in [2.24, 2.45) is 5.73 Å². The predicted octanol–water partition coefficient (Wildman–Crippen LogP) is 4.46. The molecule has 2 nitrogen and oxygen atoms in total. The van der Waals surface area contributed by atoms with Crippen LogP contribution in [0.1, 0.15) is 11.1 Å². The molecule has 0 spiro atoms. The summed E-state index contributed by atoms with van der Waals surface area (Å²) in [5, 5.41) is 0. The van der Waals surface area contributed by atoms with Crippen molar-refractivity contribution >= 4 is 33.1 Å². The Bertz CT molecular complexity index is 691. The summed E-state index contributed by atoms with van der Waals surface area (Å²) in [4.78, 5) is 0.0833. The highest BCUT2D eigenvalue weighted by Crippen LogP contribution is 2.32. The number of halogens is 3. The molecule has 0 saturated carbocycles. The van der Waals surface area contributed by atoms with Gasteiger partial charge < -0.3 is 10.5 Å². The van der Waals surface area contributed by atoms with Gasteiger partial charge in [-0.1, -0.05) is 12.2 Å². The van der Waals surface area contributed by atoms with Crippen molar-refractivity contribution in [2.75, 3.05) is 0 Å². The standard InChI is InChI=1S/C14H10BrF2NOS/c1-7-6-8(2-4-10(7)16)19-11-5-3-9(14(18)20)12(15)13(11)17/h2-6H,1H3,(H2,18,20). The Morgan fingerprint density at radius 2 is 1.95 bits per heavy atom. The molecule has 0 bridgehead atoms. The van der Waals surface area contributed by atoms with Crippen LogP contribution in [0.5, 0.6) is 11.5 Å². The first-order valence-corrected chi connectivity index (χ1v) is 6.82. The molecule has 0 unspecified atom stereocenters. The molecule has 0 radical (unpaired) electrons. The number of nitrogens with two attached hydrogens (primary N) is 1. The smallest absolute Gasteiger partial charge is 0.180 e. The van der Waals surface area contributed by atoms with Crippen molar-refractivity contribution < 1.29 is 13.5 Å². The second-order valence-corrected chi connectivity index (χ2v) is 5.35. The fourth-order valence-electron chi connectivity index (χ4n) is 1.61. The number of rotatable bonds is 3. The normalized spacial score (nSPS) is 10.4. The third-order valence-electron chi connectivity index (χ3n) is 2.67. The van der Waals surface area contributed by atoms with Crippen molar-refractivity contribution in [1.29, 1.82) is 0 Å². The lowest BCUT2D eigenvalue weighted by Crippen LogP contribution is -2.11. The quantitative estimate of drug-likeness (QED) is 0.823. The van der Waals surface area contributed by atoms with E-state index in [1.807, 2.05) is 0 Å². The molecule has 0 fully saturated rings. The summed E-state index contributed by atoms with van der Waals surface area (Å²) < 4.78 is 32.8. The number of benzene rings is 2. The third-order valence-corrected chi connectivity index (χ3v) is 3.66. The summed E-state index contributed by atoms with van der Waals surface area (Å²) in [6.07, 6.45) is 0. The maximum atomic E-state index is 14.1. The van der Waals surface area contributed by atoms with Crippen LogP contribution >= 0.6 is 28.1 Å². The minimum atomic E-state index is -0.614. The summed E-state index contributed by atoms with van der Waals surface area (Å²) in [6.45, 7) is 1.60. The van der Waals surface area contributed by atoms with Crippen molar-refractivity contribution in [1.82, 2.24) is 0 Å². The Morgan fingerprint density at radius 3 is 2.55 bits per heavy atom. The van der Waals surface area contributed by atoms with Crippen LogP contribution in [0, 0.1) is 18.6 Å². The minimum absolute atomic E-state index is 0.00267. The number of hydrogen-bond acceptors (Lipinski definition) is 2. The van der Waals surface area contributed by atoms with Gasteiger partial charge in [-0.25, -0.2) is 8.78 Å². The van der Waals surface area contributed by atoms with Gasteiger partial charge in [0.05, 0.1) is 4.47 Å². The van der Waals surface area contributed by atoms with Crippen LogP contribution in [0.15, 0.2) is 34.8 Å². The van der Waals surface area contributed by atoms with Crippen LogP contribution in [0.4, 0.5) is 8.78 Å². The van der Waals surface area contributed by atoms with E-state index in [1.54, 1.807) is 13.0 Å². The van der Waals surface area contributed by atoms with Crippen molar-refractivity contribution in [3.8, 4) is 11.5 Å². The summed E-state index contributed by atoms with van der Waals surface area (Å²) in [7, 11) is 0. The molecule has 20 heavy (non-hydrogen) atoms. The molecule has 0 atom stereocenters. The van der Waals surface area contributed by atoms with E-state index < -0.39 is 5.82 Å². The molecule has 6 heteroatoms. The molecule has 0 saturated heterocycles. The second kappa shape index (κ2) is 5.85. The molecule has 0 heterocycles. The maximum absolute atomic E-state index is 14.1. The summed E-state index contributed by atoms with van der Waals surface area (Å²) in [5.41, 5.74) is 6.28. The lowest BCUT2D eigenvalue weighted by atomic mass is 10.2. The molecule has 0 aromatic heterocycles. The molecule has 0 aliphatic heterocycles. The van der Waals surface area contributed by atoms with Crippen LogP contribution in [0.2, 0.25) is 0 Å². The van der Waals surface area contributed by atoms with Crippen LogP contribution in [0.25, 0.3) is 0 Å². The van der Waals surface area contributed by atoms with E-state index in [2.05, 4.69) is 15.9 Å². The molecule has 0 aliphatic rings. The first kappa shape index (κ1) is 14.9. The van der Waals surface area contributed by atoms with E-state index in [0.29, 0.717) is 16.9 Å². The average Bonchev–Trinajstić information content (AvgIpc) is 2.39. The summed E-state index contributed by atoms with van der Waals surface area (Å²) in [5.74, 6) is -0.610. The fraction of sp³-hybridized carbons (Fsp3) is 0.0714. The largest absolute Gasteiger partial charge is 0.454 e. The monoisotopic (exact) mass is 357 g/mol. The minimum Gasteiger partial charge on any atom is -0.454 e. The van der Waals surface area contributed by atoms with Gasteiger partial charge in [-0.05, 0) is 58.7 Å².